The maximum atomic E-state index is 12.2. The van der Waals surface area contributed by atoms with Crippen LogP contribution >= 0.6 is 15.9 Å². The minimum Gasteiger partial charge on any atom is -0.505 e. The van der Waals surface area contributed by atoms with E-state index in [1.165, 1.54) is 13.1 Å². The lowest BCUT2D eigenvalue weighted by Crippen LogP contribution is -2.32. The monoisotopic (exact) mass is 402 g/mol. The molecule has 1 aromatic carbocycles. The molecule has 128 valence electrons. The first kappa shape index (κ1) is 18.5. The first-order valence-corrected chi connectivity index (χ1v) is 8.02. The standard InChI is InChI=1S/C18H15BrN2O4/c1-11-3-5-12(6-4-11)7-8-13-9-14(22)16(20-17(13)19)18(25)21(2)10-15(23)24/h3-6,9,22H,10H2,1-2H3,(H,23,24). The normalized spacial score (nSPS) is 9.88. The number of aryl methyl sites for hydroxylation is 1. The number of nitrogens with zero attached hydrogens (tertiary/aromatic N) is 2. The van der Waals surface area contributed by atoms with Crippen molar-refractivity contribution >= 4 is 27.8 Å². The van der Waals surface area contributed by atoms with Crippen LogP contribution in [0.4, 0.5) is 0 Å². The van der Waals surface area contributed by atoms with E-state index in [4.69, 9.17) is 5.11 Å². The number of benzene rings is 1. The van der Waals surface area contributed by atoms with Gasteiger partial charge in [0.2, 0.25) is 0 Å². The topological polar surface area (TPSA) is 90.7 Å². The molecule has 7 heteroatoms. The highest BCUT2D eigenvalue weighted by atomic mass is 79.9. The van der Waals surface area contributed by atoms with Crippen molar-refractivity contribution in [1.29, 1.82) is 0 Å². The second-order valence-electron chi connectivity index (χ2n) is 5.37. The molecular weight excluding hydrogens is 388 g/mol. The highest BCUT2D eigenvalue weighted by molar-refractivity contribution is 9.10. The van der Waals surface area contributed by atoms with Crippen molar-refractivity contribution in [3.8, 4) is 17.6 Å². The van der Waals surface area contributed by atoms with Crippen molar-refractivity contribution in [1.82, 2.24) is 9.88 Å². The second-order valence-corrected chi connectivity index (χ2v) is 6.12. The summed E-state index contributed by atoms with van der Waals surface area (Å²) in [5.41, 5.74) is 2.10. The van der Waals surface area contributed by atoms with Gasteiger partial charge in [-0.25, -0.2) is 4.98 Å². The lowest BCUT2D eigenvalue weighted by atomic mass is 10.1. The number of rotatable bonds is 3. The van der Waals surface area contributed by atoms with E-state index >= 15 is 0 Å². The molecule has 6 nitrogen and oxygen atoms in total. The number of aliphatic carboxylic acids is 1. The summed E-state index contributed by atoms with van der Waals surface area (Å²) in [4.78, 5) is 27.8. The molecule has 25 heavy (non-hydrogen) atoms. The second kappa shape index (κ2) is 7.81. The Morgan fingerprint density at radius 2 is 1.88 bits per heavy atom. The zero-order valence-corrected chi connectivity index (χ0v) is 15.2. The number of carboxylic acids is 1. The van der Waals surface area contributed by atoms with Crippen LogP contribution in [0.3, 0.4) is 0 Å². The molecule has 0 bridgehead atoms. The molecule has 2 aromatic rings. The Hall–Kier alpha value is -2.85. The average Bonchev–Trinajstić information content (AvgIpc) is 2.55. The van der Waals surface area contributed by atoms with Crippen LogP contribution < -0.4 is 0 Å². The summed E-state index contributed by atoms with van der Waals surface area (Å²) in [5, 5.41) is 18.8. The van der Waals surface area contributed by atoms with Gasteiger partial charge in [0.25, 0.3) is 5.91 Å². The Balaban J connectivity index is 2.30. The number of amides is 1. The minimum absolute atomic E-state index is 0.239. The average molecular weight is 403 g/mol. The molecule has 0 saturated heterocycles. The molecule has 0 aliphatic rings. The molecule has 0 saturated carbocycles. The van der Waals surface area contributed by atoms with Crippen molar-refractivity contribution in [3.05, 3.63) is 57.3 Å². The van der Waals surface area contributed by atoms with E-state index in [1.54, 1.807) is 0 Å². The summed E-state index contributed by atoms with van der Waals surface area (Å²) in [5.74, 6) is 3.61. The van der Waals surface area contributed by atoms with E-state index in [-0.39, 0.29) is 16.0 Å². The van der Waals surface area contributed by atoms with Crippen LogP contribution in [0.1, 0.15) is 27.2 Å². The Morgan fingerprint density at radius 1 is 1.24 bits per heavy atom. The van der Waals surface area contributed by atoms with Crippen LogP contribution in [-0.2, 0) is 4.79 Å². The van der Waals surface area contributed by atoms with Gasteiger partial charge in [-0.15, -0.1) is 0 Å². The number of pyridine rings is 1. The largest absolute Gasteiger partial charge is 0.505 e. The van der Waals surface area contributed by atoms with Gasteiger partial charge < -0.3 is 15.1 Å². The lowest BCUT2D eigenvalue weighted by Gasteiger charge is -2.15. The zero-order valence-electron chi connectivity index (χ0n) is 13.6. The van der Waals surface area contributed by atoms with Crippen molar-refractivity contribution in [2.24, 2.45) is 0 Å². The summed E-state index contributed by atoms with van der Waals surface area (Å²) >= 11 is 3.22. The molecule has 0 fully saturated rings. The van der Waals surface area contributed by atoms with Gasteiger partial charge in [0, 0.05) is 18.7 Å². The van der Waals surface area contributed by atoms with Gasteiger partial charge in [-0.3, -0.25) is 9.59 Å². The zero-order chi connectivity index (χ0) is 18.6. The Kier molecular flexibility index (Phi) is 5.78. The molecule has 0 radical (unpaired) electrons. The van der Waals surface area contributed by atoms with Crippen LogP contribution in [0.2, 0.25) is 0 Å². The summed E-state index contributed by atoms with van der Waals surface area (Å²) < 4.78 is 0.289. The Labute approximate surface area is 153 Å². The van der Waals surface area contributed by atoms with Crippen LogP contribution in [-0.4, -0.2) is 45.6 Å². The van der Waals surface area contributed by atoms with E-state index in [2.05, 4.69) is 32.8 Å². The lowest BCUT2D eigenvalue weighted by molar-refractivity contribution is -0.137. The quantitative estimate of drug-likeness (QED) is 0.607. The van der Waals surface area contributed by atoms with Crippen molar-refractivity contribution in [3.63, 3.8) is 0 Å². The van der Waals surface area contributed by atoms with E-state index in [0.717, 1.165) is 16.0 Å². The maximum absolute atomic E-state index is 12.2. The highest BCUT2D eigenvalue weighted by Crippen LogP contribution is 2.23. The fourth-order valence-electron chi connectivity index (χ4n) is 1.96. The molecule has 1 amide bonds. The van der Waals surface area contributed by atoms with E-state index < -0.39 is 18.4 Å². The van der Waals surface area contributed by atoms with E-state index in [0.29, 0.717) is 5.56 Å². The van der Waals surface area contributed by atoms with Gasteiger partial charge in [-0.1, -0.05) is 29.5 Å². The van der Waals surface area contributed by atoms with E-state index in [1.807, 2.05) is 31.2 Å². The first-order valence-electron chi connectivity index (χ1n) is 7.23. The number of aromatic hydroxyl groups is 1. The fourth-order valence-corrected chi connectivity index (χ4v) is 2.35. The smallest absolute Gasteiger partial charge is 0.323 e. The van der Waals surface area contributed by atoms with Crippen LogP contribution in [0.15, 0.2) is 34.9 Å². The van der Waals surface area contributed by atoms with Gasteiger partial charge in [-0.2, -0.15) is 0 Å². The number of carbonyl (C=O) groups excluding carboxylic acids is 1. The Morgan fingerprint density at radius 3 is 2.48 bits per heavy atom. The van der Waals surface area contributed by atoms with Gasteiger partial charge in [0.05, 0.1) is 5.56 Å². The summed E-state index contributed by atoms with van der Waals surface area (Å²) in [6, 6.07) is 8.95. The number of likely N-dealkylation sites (N-methyl/N-ethyl adjacent to an activating group) is 1. The number of carboxylic acid groups (broad SMARTS) is 1. The third-order valence-corrected chi connectivity index (χ3v) is 3.88. The van der Waals surface area contributed by atoms with Gasteiger partial charge >= 0.3 is 5.97 Å². The molecular formula is C18H15BrN2O4. The number of halogens is 1. The van der Waals surface area contributed by atoms with Crippen LogP contribution in [0.25, 0.3) is 0 Å². The fraction of sp³-hybridized carbons (Fsp3) is 0.167. The summed E-state index contributed by atoms with van der Waals surface area (Å²) in [6.45, 7) is 1.49. The summed E-state index contributed by atoms with van der Waals surface area (Å²) in [6.07, 6.45) is 0. The van der Waals surface area contributed by atoms with Crippen LogP contribution in [0.5, 0.6) is 5.75 Å². The third kappa shape index (κ3) is 4.81. The van der Waals surface area contributed by atoms with Gasteiger partial charge in [-0.05, 0) is 35.0 Å². The molecule has 1 aromatic heterocycles. The van der Waals surface area contributed by atoms with Gasteiger partial charge in [0.15, 0.2) is 5.69 Å². The molecule has 0 aliphatic heterocycles. The first-order chi connectivity index (χ1) is 11.8. The number of hydrogen-bond donors (Lipinski definition) is 2. The predicted octanol–water partition coefficient (Wildman–Crippen LogP) is 2.41. The number of carbonyl (C=O) groups is 2. The highest BCUT2D eigenvalue weighted by Gasteiger charge is 2.21. The molecule has 0 atom stereocenters. The summed E-state index contributed by atoms with van der Waals surface area (Å²) in [7, 11) is 1.32. The minimum atomic E-state index is -1.16. The van der Waals surface area contributed by atoms with Crippen molar-refractivity contribution in [2.75, 3.05) is 13.6 Å². The van der Waals surface area contributed by atoms with E-state index in [9.17, 15) is 14.7 Å². The van der Waals surface area contributed by atoms with Crippen molar-refractivity contribution in [2.45, 2.75) is 6.92 Å². The molecule has 0 spiro atoms. The molecule has 1 heterocycles. The van der Waals surface area contributed by atoms with Gasteiger partial charge in [0.1, 0.15) is 16.9 Å². The van der Waals surface area contributed by atoms with Crippen LogP contribution in [0, 0.1) is 18.8 Å². The number of aromatic nitrogens is 1. The maximum Gasteiger partial charge on any atom is 0.323 e. The molecule has 0 unspecified atom stereocenters. The molecule has 2 rings (SSSR count). The SMILES string of the molecule is Cc1ccc(C#Cc2cc(O)c(C(=O)N(C)CC(=O)O)nc2Br)cc1. The molecule has 2 N–H and O–H groups in total. The Bertz CT molecular complexity index is 882. The third-order valence-electron chi connectivity index (χ3n) is 3.27. The number of hydrogen-bond acceptors (Lipinski definition) is 4. The van der Waals surface area contributed by atoms with Crippen molar-refractivity contribution < 1.29 is 19.8 Å². The predicted molar refractivity (Wildman–Crippen MR) is 95.4 cm³/mol. The molecule has 0 aliphatic carbocycles.